The monoisotopic (exact) mass is 431 g/mol. The summed E-state index contributed by atoms with van der Waals surface area (Å²) < 4.78 is 28.1. The zero-order valence-corrected chi connectivity index (χ0v) is 18.5. The van der Waals surface area contributed by atoms with Gasteiger partial charge in [0, 0.05) is 25.1 Å². The maximum atomic E-state index is 12.6. The summed E-state index contributed by atoms with van der Waals surface area (Å²) in [6.45, 7) is 11.6. The lowest BCUT2D eigenvalue weighted by Gasteiger charge is -2.36. The van der Waals surface area contributed by atoms with Crippen LogP contribution in [-0.2, 0) is 32.0 Å². The number of nitrogens with zero attached hydrogens (tertiary/aromatic N) is 3. The van der Waals surface area contributed by atoms with Crippen LogP contribution in [0.5, 0.6) is 0 Å². The number of hydrogen-bond acceptors (Lipinski definition) is 9. The molecule has 9 nitrogen and oxygen atoms in total. The zero-order valence-electron chi connectivity index (χ0n) is 18.5. The molecule has 2 aromatic rings. The van der Waals surface area contributed by atoms with Crippen LogP contribution >= 0.6 is 0 Å². The van der Waals surface area contributed by atoms with Crippen molar-refractivity contribution >= 4 is 35.0 Å². The highest BCUT2D eigenvalue weighted by Gasteiger charge is 2.35. The molecule has 0 N–H and O–H groups in total. The number of carbonyl (C=O) groups is 1. The Morgan fingerprint density at radius 2 is 2.00 bits per heavy atom. The summed E-state index contributed by atoms with van der Waals surface area (Å²) in [4.78, 5) is 24.1. The standard InChI is InChI=1S/C22H29N3O6/c1-5-27-13-23-17-16-14-11-22(3,4)30-12-15(14)19(25-7-9-28-10-8-25)24-20(16)31-18(17)21(26)29-6-2/h13H,5-12H2,1-4H3. The van der Waals surface area contributed by atoms with Crippen molar-refractivity contribution in [3.8, 4) is 0 Å². The third-order valence-corrected chi connectivity index (χ3v) is 5.41. The molecule has 0 saturated carbocycles. The maximum absolute atomic E-state index is 12.6. The van der Waals surface area contributed by atoms with E-state index in [9.17, 15) is 4.79 Å². The van der Waals surface area contributed by atoms with E-state index in [1.165, 1.54) is 6.40 Å². The van der Waals surface area contributed by atoms with Crippen molar-refractivity contribution in [2.75, 3.05) is 44.4 Å². The lowest BCUT2D eigenvalue weighted by molar-refractivity contribution is -0.0396. The van der Waals surface area contributed by atoms with Gasteiger partial charge in [0.2, 0.25) is 11.5 Å². The Morgan fingerprint density at radius 3 is 2.71 bits per heavy atom. The fourth-order valence-electron chi connectivity index (χ4n) is 3.96. The van der Waals surface area contributed by atoms with Crippen LogP contribution in [0, 0.1) is 0 Å². The Labute approximate surface area is 181 Å². The normalized spacial score (nSPS) is 18.4. The molecule has 0 spiro atoms. The van der Waals surface area contributed by atoms with E-state index in [1.54, 1.807) is 6.92 Å². The van der Waals surface area contributed by atoms with E-state index in [1.807, 2.05) is 20.8 Å². The molecule has 0 amide bonds. The highest BCUT2D eigenvalue weighted by atomic mass is 16.5. The van der Waals surface area contributed by atoms with Gasteiger partial charge in [0.05, 0.1) is 44.0 Å². The lowest BCUT2D eigenvalue weighted by Crippen LogP contribution is -2.39. The average molecular weight is 431 g/mol. The summed E-state index contributed by atoms with van der Waals surface area (Å²) >= 11 is 0. The van der Waals surface area contributed by atoms with Gasteiger partial charge in [-0.1, -0.05) is 0 Å². The minimum atomic E-state index is -0.572. The fraction of sp³-hybridized carbons (Fsp3) is 0.591. The summed E-state index contributed by atoms with van der Waals surface area (Å²) in [5, 5.41) is 0.711. The van der Waals surface area contributed by atoms with Crippen LogP contribution in [0.15, 0.2) is 9.41 Å². The van der Waals surface area contributed by atoms with Crippen molar-refractivity contribution < 1.29 is 28.2 Å². The maximum Gasteiger partial charge on any atom is 0.376 e. The molecule has 168 valence electrons. The topological polar surface area (TPSA) is 95.6 Å². The van der Waals surface area contributed by atoms with Gasteiger partial charge < -0.3 is 28.3 Å². The predicted molar refractivity (Wildman–Crippen MR) is 115 cm³/mol. The van der Waals surface area contributed by atoms with E-state index in [-0.39, 0.29) is 18.0 Å². The van der Waals surface area contributed by atoms with Crippen molar-refractivity contribution in [3.05, 3.63) is 16.9 Å². The molecule has 0 radical (unpaired) electrons. The van der Waals surface area contributed by atoms with E-state index in [2.05, 4.69) is 9.89 Å². The number of hydrogen-bond donors (Lipinski definition) is 0. The molecule has 4 rings (SSSR count). The van der Waals surface area contributed by atoms with Crippen LogP contribution in [0.3, 0.4) is 0 Å². The Balaban J connectivity index is 1.95. The summed E-state index contributed by atoms with van der Waals surface area (Å²) in [6.07, 6.45) is 1.97. The van der Waals surface area contributed by atoms with Crippen molar-refractivity contribution in [3.63, 3.8) is 0 Å². The summed E-state index contributed by atoms with van der Waals surface area (Å²) in [5.74, 6) is 0.272. The second-order valence-electron chi connectivity index (χ2n) is 8.09. The second-order valence-corrected chi connectivity index (χ2v) is 8.09. The first-order valence-electron chi connectivity index (χ1n) is 10.7. The lowest BCUT2D eigenvalue weighted by atomic mass is 9.89. The van der Waals surface area contributed by atoms with E-state index in [4.69, 9.17) is 28.3 Å². The van der Waals surface area contributed by atoms with Gasteiger partial charge in [-0.15, -0.1) is 0 Å². The Morgan fingerprint density at radius 1 is 1.23 bits per heavy atom. The molecule has 0 bridgehead atoms. The van der Waals surface area contributed by atoms with Gasteiger partial charge in [0.1, 0.15) is 11.5 Å². The number of aliphatic imine (C=N–C) groups is 1. The zero-order chi connectivity index (χ0) is 22.0. The number of furan rings is 1. The highest BCUT2D eigenvalue weighted by Crippen LogP contribution is 2.43. The molecular formula is C22H29N3O6. The molecule has 4 heterocycles. The van der Waals surface area contributed by atoms with Crippen LogP contribution in [0.2, 0.25) is 0 Å². The van der Waals surface area contributed by atoms with Gasteiger partial charge in [-0.3, -0.25) is 0 Å². The largest absolute Gasteiger partial charge is 0.483 e. The Kier molecular flexibility index (Phi) is 6.15. The molecule has 2 aliphatic rings. The molecule has 1 saturated heterocycles. The fourth-order valence-corrected chi connectivity index (χ4v) is 3.96. The molecule has 0 atom stereocenters. The number of ether oxygens (including phenoxy) is 4. The molecule has 31 heavy (non-hydrogen) atoms. The van der Waals surface area contributed by atoms with Gasteiger partial charge >= 0.3 is 5.97 Å². The van der Waals surface area contributed by atoms with Gasteiger partial charge in [0.25, 0.3) is 0 Å². The smallest absolute Gasteiger partial charge is 0.376 e. The molecule has 0 unspecified atom stereocenters. The first-order chi connectivity index (χ1) is 14.9. The van der Waals surface area contributed by atoms with Gasteiger partial charge in [-0.25, -0.2) is 9.79 Å². The van der Waals surface area contributed by atoms with E-state index < -0.39 is 5.97 Å². The van der Waals surface area contributed by atoms with Crippen molar-refractivity contribution in [2.45, 2.75) is 46.3 Å². The van der Waals surface area contributed by atoms with E-state index in [0.717, 1.165) is 30.0 Å². The van der Waals surface area contributed by atoms with Crippen LogP contribution in [0.4, 0.5) is 11.5 Å². The molecular weight excluding hydrogens is 402 g/mol. The van der Waals surface area contributed by atoms with Gasteiger partial charge in [0.15, 0.2) is 6.40 Å². The first kappa shape index (κ1) is 21.6. The second kappa shape index (κ2) is 8.84. The van der Waals surface area contributed by atoms with Gasteiger partial charge in [-0.05, 0) is 33.3 Å². The number of anilines is 1. The molecule has 2 aliphatic heterocycles. The van der Waals surface area contributed by atoms with Crippen molar-refractivity contribution in [1.29, 1.82) is 0 Å². The molecule has 0 aliphatic carbocycles. The molecule has 9 heteroatoms. The number of esters is 1. The molecule has 1 fully saturated rings. The number of fused-ring (bicyclic) bond motifs is 3. The Bertz CT molecular complexity index is 991. The van der Waals surface area contributed by atoms with E-state index >= 15 is 0 Å². The molecule has 2 aromatic heterocycles. The minimum Gasteiger partial charge on any atom is -0.483 e. The van der Waals surface area contributed by atoms with Crippen LogP contribution in [0.1, 0.15) is 49.4 Å². The van der Waals surface area contributed by atoms with Crippen LogP contribution < -0.4 is 4.90 Å². The number of morpholine rings is 1. The Hall–Kier alpha value is -2.65. The quantitative estimate of drug-likeness (QED) is 0.390. The SMILES string of the molecule is CCOC=Nc1c(C(=O)OCC)oc2nc(N3CCOCC3)c3c(c12)CC(C)(C)OC3. The number of aromatic nitrogens is 1. The average Bonchev–Trinajstić information content (AvgIpc) is 3.12. The summed E-state index contributed by atoms with van der Waals surface area (Å²) in [5.41, 5.74) is 2.41. The minimum absolute atomic E-state index is 0.0333. The summed E-state index contributed by atoms with van der Waals surface area (Å²) in [6, 6.07) is 0. The van der Waals surface area contributed by atoms with Gasteiger partial charge in [-0.2, -0.15) is 4.98 Å². The third kappa shape index (κ3) is 4.24. The number of carbonyl (C=O) groups excluding carboxylic acids is 1. The predicted octanol–water partition coefficient (Wildman–Crippen LogP) is 3.39. The first-order valence-corrected chi connectivity index (χ1v) is 10.7. The highest BCUT2D eigenvalue weighted by molar-refractivity contribution is 6.05. The van der Waals surface area contributed by atoms with Crippen molar-refractivity contribution in [2.24, 2.45) is 4.99 Å². The number of pyridine rings is 1. The summed E-state index contributed by atoms with van der Waals surface area (Å²) in [7, 11) is 0. The van der Waals surface area contributed by atoms with E-state index in [0.29, 0.717) is 49.6 Å². The van der Waals surface area contributed by atoms with Crippen LogP contribution in [0.25, 0.3) is 11.1 Å². The third-order valence-electron chi connectivity index (χ3n) is 5.41. The van der Waals surface area contributed by atoms with Crippen LogP contribution in [-0.4, -0.2) is 62.5 Å². The van der Waals surface area contributed by atoms with Crippen molar-refractivity contribution in [1.82, 2.24) is 4.98 Å². The molecule has 0 aromatic carbocycles. The number of rotatable bonds is 6.